The van der Waals surface area contributed by atoms with Crippen molar-refractivity contribution in [1.82, 2.24) is 19.4 Å². The van der Waals surface area contributed by atoms with E-state index in [4.69, 9.17) is 4.74 Å². The van der Waals surface area contributed by atoms with Gasteiger partial charge in [0.25, 0.3) is 5.91 Å². The van der Waals surface area contributed by atoms with Gasteiger partial charge in [0, 0.05) is 36.8 Å². The predicted octanol–water partition coefficient (Wildman–Crippen LogP) is 3.18. The lowest BCUT2D eigenvalue weighted by molar-refractivity contribution is 0.0630. The van der Waals surface area contributed by atoms with Gasteiger partial charge in [-0.05, 0) is 38.1 Å². The van der Waals surface area contributed by atoms with E-state index in [1.165, 1.54) is 0 Å². The highest BCUT2D eigenvalue weighted by Gasteiger charge is 2.30. The van der Waals surface area contributed by atoms with Crippen LogP contribution in [0.25, 0.3) is 10.9 Å². The zero-order chi connectivity index (χ0) is 18.1. The third-order valence-electron chi connectivity index (χ3n) is 4.94. The maximum atomic E-state index is 13.1. The van der Waals surface area contributed by atoms with Crippen molar-refractivity contribution in [3.63, 3.8) is 0 Å². The second kappa shape index (κ2) is 6.88. The molecule has 0 fully saturated rings. The molecular formula is C20H22N4O2. The van der Waals surface area contributed by atoms with Crippen LogP contribution in [0.2, 0.25) is 0 Å². The first-order valence-corrected chi connectivity index (χ1v) is 8.97. The Morgan fingerprint density at radius 2 is 2.15 bits per heavy atom. The molecule has 0 bridgehead atoms. The normalized spacial score (nSPS) is 16.7. The van der Waals surface area contributed by atoms with Crippen molar-refractivity contribution in [3.8, 4) is 0 Å². The Labute approximate surface area is 152 Å². The number of carbonyl (C=O) groups is 1. The highest BCUT2D eigenvalue weighted by atomic mass is 16.5. The zero-order valence-corrected chi connectivity index (χ0v) is 15.1. The first-order chi connectivity index (χ1) is 12.7. The molecular weight excluding hydrogens is 328 g/mol. The van der Waals surface area contributed by atoms with E-state index in [9.17, 15) is 4.79 Å². The Balaban J connectivity index is 1.59. The van der Waals surface area contributed by atoms with E-state index in [1.54, 1.807) is 6.20 Å². The van der Waals surface area contributed by atoms with Gasteiger partial charge in [-0.25, -0.2) is 4.98 Å². The highest BCUT2D eigenvalue weighted by molar-refractivity contribution is 5.98. The summed E-state index contributed by atoms with van der Waals surface area (Å²) in [5.74, 6) is 0.950. The number of ether oxygens (including phenoxy) is 1. The van der Waals surface area contributed by atoms with E-state index in [0.29, 0.717) is 25.3 Å². The first kappa shape index (κ1) is 16.7. The molecule has 0 saturated heterocycles. The summed E-state index contributed by atoms with van der Waals surface area (Å²) in [5.41, 5.74) is 2.65. The topological polar surface area (TPSA) is 60.2 Å². The van der Waals surface area contributed by atoms with Gasteiger partial charge in [-0.2, -0.15) is 0 Å². The highest BCUT2D eigenvalue weighted by Crippen LogP contribution is 2.27. The number of nitrogens with zero attached hydrogens (tertiary/aromatic N) is 4. The number of carbonyl (C=O) groups excluding carboxylic acids is 1. The van der Waals surface area contributed by atoms with Gasteiger partial charge < -0.3 is 14.2 Å². The van der Waals surface area contributed by atoms with Crippen LogP contribution in [0.3, 0.4) is 0 Å². The van der Waals surface area contributed by atoms with Crippen LogP contribution in [-0.2, 0) is 17.9 Å². The molecule has 6 heteroatoms. The molecule has 0 N–H and O–H groups in total. The number of pyridine rings is 1. The summed E-state index contributed by atoms with van der Waals surface area (Å²) >= 11 is 0. The monoisotopic (exact) mass is 350 g/mol. The van der Waals surface area contributed by atoms with Gasteiger partial charge in [0.1, 0.15) is 5.82 Å². The fraction of sp³-hybridized carbons (Fsp3) is 0.350. The minimum atomic E-state index is -0.0729. The average Bonchev–Trinajstić information content (AvgIpc) is 3.09. The Kier molecular flexibility index (Phi) is 4.42. The molecule has 1 amide bonds. The molecule has 2 aromatic heterocycles. The van der Waals surface area contributed by atoms with Crippen LogP contribution in [0.1, 0.15) is 41.8 Å². The molecule has 0 aliphatic carbocycles. The van der Waals surface area contributed by atoms with Crippen molar-refractivity contribution in [2.45, 2.75) is 33.0 Å². The number of hydrogen-bond donors (Lipinski definition) is 0. The number of hydrogen-bond acceptors (Lipinski definition) is 4. The Bertz CT molecular complexity index is 950. The maximum absolute atomic E-state index is 13.1. The number of imidazole rings is 1. The molecule has 1 atom stereocenters. The lowest BCUT2D eigenvalue weighted by Gasteiger charge is -2.34. The lowest BCUT2D eigenvalue weighted by Crippen LogP contribution is -2.41. The van der Waals surface area contributed by atoms with Gasteiger partial charge in [-0.1, -0.05) is 6.07 Å². The smallest absolute Gasteiger partial charge is 0.254 e. The van der Waals surface area contributed by atoms with Crippen molar-refractivity contribution in [2.24, 2.45) is 0 Å². The van der Waals surface area contributed by atoms with E-state index in [1.807, 2.05) is 55.3 Å². The van der Waals surface area contributed by atoms with Crippen LogP contribution in [0.5, 0.6) is 0 Å². The molecule has 6 nitrogen and oxygen atoms in total. The summed E-state index contributed by atoms with van der Waals surface area (Å²) in [6, 6.07) is 9.46. The average molecular weight is 350 g/mol. The van der Waals surface area contributed by atoms with Crippen LogP contribution in [0, 0.1) is 0 Å². The number of aromatic nitrogens is 3. The Morgan fingerprint density at radius 3 is 3.00 bits per heavy atom. The summed E-state index contributed by atoms with van der Waals surface area (Å²) in [7, 11) is 0. The predicted molar refractivity (Wildman–Crippen MR) is 98.8 cm³/mol. The standard InChI is InChI=1S/C20H22N4O2/c1-3-26-13-17-12-22-19-14(2)23(9-10-24(17)19)20(25)16-6-7-18-15(11-16)5-4-8-21-18/h4-8,11-12,14H,3,9-10,13H2,1-2H3. The quantitative estimate of drug-likeness (QED) is 0.725. The molecule has 3 aromatic rings. The van der Waals surface area contributed by atoms with E-state index in [0.717, 1.165) is 29.0 Å². The summed E-state index contributed by atoms with van der Waals surface area (Å²) < 4.78 is 7.69. The maximum Gasteiger partial charge on any atom is 0.254 e. The summed E-state index contributed by atoms with van der Waals surface area (Å²) in [6.07, 6.45) is 3.62. The van der Waals surface area contributed by atoms with Gasteiger partial charge in [-0.15, -0.1) is 0 Å². The van der Waals surface area contributed by atoms with Crippen molar-refractivity contribution in [3.05, 3.63) is 59.8 Å². The summed E-state index contributed by atoms with van der Waals surface area (Å²) in [5, 5.41) is 0.975. The van der Waals surface area contributed by atoms with Gasteiger partial charge in [-0.3, -0.25) is 9.78 Å². The molecule has 3 heterocycles. The van der Waals surface area contributed by atoms with Gasteiger partial charge >= 0.3 is 0 Å². The fourth-order valence-electron chi connectivity index (χ4n) is 3.53. The molecule has 0 spiro atoms. The number of benzene rings is 1. The van der Waals surface area contributed by atoms with Gasteiger partial charge in [0.15, 0.2) is 0 Å². The van der Waals surface area contributed by atoms with Gasteiger partial charge in [0.2, 0.25) is 0 Å². The van der Waals surface area contributed by atoms with E-state index >= 15 is 0 Å². The molecule has 134 valence electrons. The molecule has 1 aliphatic rings. The van der Waals surface area contributed by atoms with Gasteiger partial charge in [0.05, 0.1) is 30.1 Å². The molecule has 4 rings (SSSR count). The van der Waals surface area contributed by atoms with Crippen molar-refractivity contribution in [1.29, 1.82) is 0 Å². The molecule has 1 aliphatic heterocycles. The van der Waals surface area contributed by atoms with E-state index in [-0.39, 0.29) is 11.9 Å². The Morgan fingerprint density at radius 1 is 1.27 bits per heavy atom. The molecule has 1 aromatic carbocycles. The molecule has 26 heavy (non-hydrogen) atoms. The molecule has 0 radical (unpaired) electrons. The molecule has 1 unspecified atom stereocenters. The number of fused-ring (bicyclic) bond motifs is 2. The third kappa shape index (κ3) is 2.86. The van der Waals surface area contributed by atoms with Crippen molar-refractivity contribution >= 4 is 16.8 Å². The number of rotatable bonds is 4. The summed E-state index contributed by atoms with van der Waals surface area (Å²) in [6.45, 7) is 6.65. The first-order valence-electron chi connectivity index (χ1n) is 8.97. The fourth-order valence-corrected chi connectivity index (χ4v) is 3.53. The molecule has 0 saturated carbocycles. The summed E-state index contributed by atoms with van der Waals surface area (Å²) in [4.78, 5) is 23.8. The largest absolute Gasteiger partial charge is 0.375 e. The van der Waals surface area contributed by atoms with Crippen LogP contribution >= 0.6 is 0 Å². The second-order valence-corrected chi connectivity index (χ2v) is 6.48. The minimum absolute atomic E-state index is 0.0314. The number of amides is 1. The Hall–Kier alpha value is -2.73. The minimum Gasteiger partial charge on any atom is -0.375 e. The van der Waals surface area contributed by atoms with E-state index < -0.39 is 0 Å². The van der Waals surface area contributed by atoms with Crippen LogP contribution in [0.4, 0.5) is 0 Å². The second-order valence-electron chi connectivity index (χ2n) is 6.48. The third-order valence-corrected chi connectivity index (χ3v) is 4.94. The van der Waals surface area contributed by atoms with Crippen LogP contribution < -0.4 is 0 Å². The lowest BCUT2D eigenvalue weighted by atomic mass is 10.1. The van der Waals surface area contributed by atoms with Crippen molar-refractivity contribution < 1.29 is 9.53 Å². The SMILES string of the molecule is CCOCc1cnc2n1CCN(C(=O)c1ccc3ncccc3c1)C2C. The zero-order valence-electron chi connectivity index (χ0n) is 15.1. The van der Waals surface area contributed by atoms with Crippen LogP contribution in [0.15, 0.2) is 42.7 Å². The van der Waals surface area contributed by atoms with Crippen LogP contribution in [-0.4, -0.2) is 38.5 Å². The van der Waals surface area contributed by atoms with Crippen molar-refractivity contribution in [2.75, 3.05) is 13.2 Å². The van der Waals surface area contributed by atoms with E-state index in [2.05, 4.69) is 14.5 Å².